The van der Waals surface area contributed by atoms with Crippen LogP contribution in [-0.2, 0) is 0 Å². The second-order valence-corrected chi connectivity index (χ2v) is 6.44. The van der Waals surface area contributed by atoms with Crippen LogP contribution in [0.1, 0.15) is 53.4 Å². The molecule has 0 bridgehead atoms. The third-order valence-corrected chi connectivity index (χ3v) is 4.15. The van der Waals surface area contributed by atoms with Gasteiger partial charge in [-0.25, -0.2) is 0 Å². The lowest BCUT2D eigenvalue weighted by atomic mass is 9.75. The summed E-state index contributed by atoms with van der Waals surface area (Å²) in [5.74, 6) is 0.906. The highest BCUT2D eigenvalue weighted by molar-refractivity contribution is 4.81. The Morgan fingerprint density at radius 2 is 1.81 bits per heavy atom. The molecule has 0 aromatic heterocycles. The van der Waals surface area contributed by atoms with E-state index >= 15 is 0 Å². The van der Waals surface area contributed by atoms with E-state index in [-0.39, 0.29) is 0 Å². The summed E-state index contributed by atoms with van der Waals surface area (Å²) in [4.78, 5) is 2.60. The van der Waals surface area contributed by atoms with E-state index in [0.29, 0.717) is 11.5 Å². The molecule has 96 valence electrons. The van der Waals surface area contributed by atoms with Gasteiger partial charge in [0.15, 0.2) is 0 Å². The fraction of sp³-hybridized carbons (Fsp3) is 1.00. The van der Waals surface area contributed by atoms with Gasteiger partial charge in [-0.3, -0.25) is 0 Å². The Bertz CT molecular complexity index is 187. The van der Waals surface area contributed by atoms with E-state index in [1.54, 1.807) is 0 Å². The van der Waals surface area contributed by atoms with Crippen LogP contribution in [0.5, 0.6) is 0 Å². The van der Waals surface area contributed by atoms with Crippen molar-refractivity contribution in [2.75, 3.05) is 19.6 Å². The normalized spacial score (nSPS) is 22.3. The van der Waals surface area contributed by atoms with Crippen molar-refractivity contribution in [3.8, 4) is 0 Å². The number of nitrogens with two attached hydrogens (primary N) is 1. The van der Waals surface area contributed by atoms with Crippen LogP contribution in [0.3, 0.4) is 0 Å². The molecule has 1 aliphatic rings. The standard InChI is InChI=1S/C14H30N2/c1-5-13(15)8-11-16-9-6-12(7-10-16)14(2,3)4/h12-13H,5-11,15H2,1-4H3. The van der Waals surface area contributed by atoms with Gasteiger partial charge in [0.05, 0.1) is 0 Å². The first-order valence-corrected chi connectivity index (χ1v) is 6.91. The molecule has 1 saturated heterocycles. The number of piperidine rings is 1. The first-order valence-electron chi connectivity index (χ1n) is 6.91. The molecule has 1 heterocycles. The average Bonchev–Trinajstić information content (AvgIpc) is 2.25. The summed E-state index contributed by atoms with van der Waals surface area (Å²) < 4.78 is 0. The summed E-state index contributed by atoms with van der Waals surface area (Å²) in [6, 6.07) is 0.403. The molecule has 0 saturated carbocycles. The fourth-order valence-corrected chi connectivity index (χ4v) is 2.58. The average molecular weight is 226 g/mol. The fourth-order valence-electron chi connectivity index (χ4n) is 2.58. The first-order chi connectivity index (χ1) is 7.43. The van der Waals surface area contributed by atoms with Gasteiger partial charge in [0.1, 0.15) is 0 Å². The van der Waals surface area contributed by atoms with Crippen molar-refractivity contribution in [3.05, 3.63) is 0 Å². The maximum absolute atomic E-state index is 5.96. The minimum atomic E-state index is 0.403. The van der Waals surface area contributed by atoms with Gasteiger partial charge in [0.2, 0.25) is 0 Å². The summed E-state index contributed by atoms with van der Waals surface area (Å²) in [5, 5.41) is 0. The number of hydrogen-bond acceptors (Lipinski definition) is 2. The molecule has 1 rings (SSSR count). The SMILES string of the molecule is CCC(N)CCN1CCC(C(C)(C)C)CC1. The van der Waals surface area contributed by atoms with Crippen molar-refractivity contribution in [1.82, 2.24) is 4.90 Å². The van der Waals surface area contributed by atoms with E-state index in [1.165, 1.54) is 32.5 Å². The Morgan fingerprint density at radius 1 is 1.25 bits per heavy atom. The molecule has 0 amide bonds. The van der Waals surface area contributed by atoms with Crippen LogP contribution in [0.2, 0.25) is 0 Å². The van der Waals surface area contributed by atoms with Crippen molar-refractivity contribution in [3.63, 3.8) is 0 Å². The van der Waals surface area contributed by atoms with Crippen molar-refractivity contribution in [2.24, 2.45) is 17.1 Å². The van der Waals surface area contributed by atoms with E-state index in [0.717, 1.165) is 18.8 Å². The molecule has 2 N–H and O–H groups in total. The van der Waals surface area contributed by atoms with Gasteiger partial charge in [-0.05, 0) is 56.7 Å². The molecule has 0 aromatic rings. The first kappa shape index (κ1) is 14.0. The quantitative estimate of drug-likeness (QED) is 0.798. The Hall–Kier alpha value is -0.0800. The van der Waals surface area contributed by atoms with Crippen LogP contribution in [0.25, 0.3) is 0 Å². The maximum Gasteiger partial charge on any atom is 0.00483 e. The summed E-state index contributed by atoms with van der Waals surface area (Å²) in [6.45, 7) is 13.1. The molecule has 1 aliphatic heterocycles. The van der Waals surface area contributed by atoms with E-state index in [4.69, 9.17) is 5.73 Å². The van der Waals surface area contributed by atoms with Crippen LogP contribution in [0, 0.1) is 11.3 Å². The summed E-state index contributed by atoms with van der Waals surface area (Å²) in [5.41, 5.74) is 6.45. The molecule has 2 nitrogen and oxygen atoms in total. The zero-order valence-corrected chi connectivity index (χ0v) is 11.6. The molecule has 1 atom stereocenters. The third-order valence-electron chi connectivity index (χ3n) is 4.15. The molecule has 2 heteroatoms. The highest BCUT2D eigenvalue weighted by Crippen LogP contribution is 2.34. The number of hydrogen-bond donors (Lipinski definition) is 1. The maximum atomic E-state index is 5.96. The van der Waals surface area contributed by atoms with E-state index in [2.05, 4.69) is 32.6 Å². The zero-order valence-electron chi connectivity index (χ0n) is 11.6. The molecule has 1 unspecified atom stereocenters. The van der Waals surface area contributed by atoms with Gasteiger partial charge in [-0.2, -0.15) is 0 Å². The lowest BCUT2D eigenvalue weighted by molar-refractivity contribution is 0.110. The minimum Gasteiger partial charge on any atom is -0.328 e. The molecular formula is C14H30N2. The second kappa shape index (κ2) is 6.02. The summed E-state index contributed by atoms with van der Waals surface area (Å²) in [7, 11) is 0. The second-order valence-electron chi connectivity index (χ2n) is 6.44. The van der Waals surface area contributed by atoms with Crippen LogP contribution in [0.4, 0.5) is 0 Å². The van der Waals surface area contributed by atoms with Gasteiger partial charge in [-0.1, -0.05) is 27.7 Å². The Morgan fingerprint density at radius 3 is 2.25 bits per heavy atom. The molecule has 0 radical (unpaired) electrons. The highest BCUT2D eigenvalue weighted by Gasteiger charge is 2.28. The highest BCUT2D eigenvalue weighted by atomic mass is 15.1. The summed E-state index contributed by atoms with van der Waals surface area (Å²) >= 11 is 0. The number of nitrogens with zero attached hydrogens (tertiary/aromatic N) is 1. The Balaban J connectivity index is 2.22. The van der Waals surface area contributed by atoms with Gasteiger partial charge in [0.25, 0.3) is 0 Å². The van der Waals surface area contributed by atoms with Crippen molar-refractivity contribution >= 4 is 0 Å². The molecule has 0 aromatic carbocycles. The van der Waals surface area contributed by atoms with Gasteiger partial charge in [0, 0.05) is 6.04 Å². The molecule has 0 aliphatic carbocycles. The van der Waals surface area contributed by atoms with Gasteiger partial charge >= 0.3 is 0 Å². The van der Waals surface area contributed by atoms with E-state index in [9.17, 15) is 0 Å². The predicted molar refractivity (Wildman–Crippen MR) is 71.5 cm³/mol. The lowest BCUT2D eigenvalue weighted by Crippen LogP contribution is -2.39. The number of likely N-dealkylation sites (tertiary alicyclic amines) is 1. The van der Waals surface area contributed by atoms with Crippen LogP contribution in [-0.4, -0.2) is 30.6 Å². The van der Waals surface area contributed by atoms with Gasteiger partial charge in [-0.15, -0.1) is 0 Å². The van der Waals surface area contributed by atoms with Gasteiger partial charge < -0.3 is 10.6 Å². The number of rotatable bonds is 4. The van der Waals surface area contributed by atoms with Crippen molar-refractivity contribution in [2.45, 2.75) is 59.4 Å². The van der Waals surface area contributed by atoms with E-state index in [1.807, 2.05) is 0 Å². The molecular weight excluding hydrogens is 196 g/mol. The molecule has 0 spiro atoms. The zero-order chi connectivity index (χ0) is 12.2. The summed E-state index contributed by atoms with van der Waals surface area (Å²) in [6.07, 6.45) is 5.00. The topological polar surface area (TPSA) is 29.3 Å². The minimum absolute atomic E-state index is 0.403. The lowest BCUT2D eigenvalue weighted by Gasteiger charge is -2.39. The van der Waals surface area contributed by atoms with Crippen molar-refractivity contribution < 1.29 is 0 Å². The van der Waals surface area contributed by atoms with E-state index < -0.39 is 0 Å². The van der Waals surface area contributed by atoms with Crippen LogP contribution in [0.15, 0.2) is 0 Å². The Kier molecular flexibility index (Phi) is 5.26. The van der Waals surface area contributed by atoms with Crippen molar-refractivity contribution in [1.29, 1.82) is 0 Å². The van der Waals surface area contributed by atoms with Crippen LogP contribution >= 0.6 is 0 Å². The predicted octanol–water partition coefficient (Wildman–Crippen LogP) is 2.87. The Labute approximate surface area is 102 Å². The molecule has 16 heavy (non-hydrogen) atoms. The third kappa shape index (κ3) is 4.42. The van der Waals surface area contributed by atoms with Crippen LogP contribution < -0.4 is 5.73 Å². The molecule has 1 fully saturated rings. The largest absolute Gasteiger partial charge is 0.328 e. The monoisotopic (exact) mass is 226 g/mol. The smallest absolute Gasteiger partial charge is 0.00483 e.